The number of benzene rings is 2. The first-order valence-electron chi connectivity index (χ1n) is 8.46. The number of halogens is 1. The molecule has 4 nitrogen and oxygen atoms in total. The Morgan fingerprint density at radius 3 is 2.69 bits per heavy atom. The molecule has 1 fully saturated rings. The van der Waals surface area contributed by atoms with Crippen molar-refractivity contribution in [2.75, 3.05) is 11.4 Å². The van der Waals surface area contributed by atoms with Crippen LogP contribution in [0.25, 0.3) is 16.3 Å². The standard InChI is InChI=1S/C20H18ClN3OS/c21-18-12-14(11-13-5-7-15(8-6-13)19(22)25)9-10-24(18)20-23-16-3-1-2-4-17(16)26-20/h1-8,11,18H,9-10,12H2,(H2,22,25)/b14-11-. The number of piperidine rings is 1. The van der Waals surface area contributed by atoms with Gasteiger partial charge in [0.25, 0.3) is 0 Å². The van der Waals surface area contributed by atoms with Gasteiger partial charge in [0.05, 0.1) is 10.2 Å². The van der Waals surface area contributed by atoms with Gasteiger partial charge in [0, 0.05) is 18.5 Å². The third kappa shape index (κ3) is 3.45. The van der Waals surface area contributed by atoms with Crippen LogP contribution in [0.3, 0.4) is 0 Å². The quantitative estimate of drug-likeness (QED) is 0.529. The molecule has 1 unspecified atom stereocenters. The van der Waals surface area contributed by atoms with Crippen molar-refractivity contribution >= 4 is 50.3 Å². The average molecular weight is 384 g/mol. The Morgan fingerprint density at radius 2 is 2.00 bits per heavy atom. The van der Waals surface area contributed by atoms with Crippen LogP contribution >= 0.6 is 22.9 Å². The van der Waals surface area contributed by atoms with E-state index in [2.05, 4.69) is 17.0 Å². The summed E-state index contributed by atoms with van der Waals surface area (Å²) in [5.74, 6) is -0.408. The number of anilines is 1. The molecule has 0 saturated carbocycles. The molecule has 2 N–H and O–H groups in total. The summed E-state index contributed by atoms with van der Waals surface area (Å²) in [6, 6.07) is 15.5. The van der Waals surface area contributed by atoms with E-state index in [0.29, 0.717) is 5.56 Å². The molecule has 26 heavy (non-hydrogen) atoms. The maximum Gasteiger partial charge on any atom is 0.248 e. The summed E-state index contributed by atoms with van der Waals surface area (Å²) >= 11 is 8.35. The summed E-state index contributed by atoms with van der Waals surface area (Å²) in [4.78, 5) is 18.1. The molecule has 0 bridgehead atoms. The maximum atomic E-state index is 11.2. The Hall–Kier alpha value is -2.37. The molecule has 132 valence electrons. The summed E-state index contributed by atoms with van der Waals surface area (Å²) in [6.45, 7) is 0.846. The van der Waals surface area contributed by atoms with Crippen molar-refractivity contribution in [3.63, 3.8) is 0 Å². The van der Waals surface area contributed by atoms with Crippen molar-refractivity contribution < 1.29 is 4.79 Å². The van der Waals surface area contributed by atoms with Crippen LogP contribution in [0.15, 0.2) is 54.1 Å². The van der Waals surface area contributed by atoms with Crippen LogP contribution < -0.4 is 10.6 Å². The Kier molecular flexibility index (Phi) is 4.66. The van der Waals surface area contributed by atoms with Crippen molar-refractivity contribution in [3.8, 4) is 0 Å². The number of hydrogen-bond donors (Lipinski definition) is 1. The molecule has 0 radical (unpaired) electrons. The molecule has 1 atom stereocenters. The fraction of sp³-hybridized carbons (Fsp3) is 0.200. The van der Waals surface area contributed by atoms with Crippen molar-refractivity contribution in [2.45, 2.75) is 18.3 Å². The number of hydrogen-bond acceptors (Lipinski definition) is 4. The SMILES string of the molecule is NC(=O)c1ccc(/C=C2/CCN(c3nc4ccccc4s3)C(Cl)C2)cc1. The van der Waals surface area contributed by atoms with Gasteiger partial charge in [-0.3, -0.25) is 4.79 Å². The maximum absolute atomic E-state index is 11.2. The van der Waals surface area contributed by atoms with Crippen molar-refractivity contribution in [1.82, 2.24) is 4.98 Å². The topological polar surface area (TPSA) is 59.2 Å². The van der Waals surface area contributed by atoms with Gasteiger partial charge in [0.2, 0.25) is 5.91 Å². The predicted molar refractivity (Wildman–Crippen MR) is 109 cm³/mol. The molecular formula is C20H18ClN3OS. The second-order valence-electron chi connectivity index (χ2n) is 6.33. The van der Waals surface area contributed by atoms with Crippen LogP contribution in [-0.4, -0.2) is 22.9 Å². The zero-order valence-electron chi connectivity index (χ0n) is 14.1. The lowest BCUT2D eigenvalue weighted by Gasteiger charge is -2.33. The van der Waals surface area contributed by atoms with Gasteiger partial charge >= 0.3 is 0 Å². The Bertz CT molecular complexity index is 947. The van der Waals surface area contributed by atoms with E-state index in [4.69, 9.17) is 22.3 Å². The van der Waals surface area contributed by atoms with E-state index in [1.165, 1.54) is 10.3 Å². The molecule has 6 heteroatoms. The minimum atomic E-state index is -0.408. The molecule has 3 aromatic rings. The number of nitrogens with zero attached hydrogens (tertiary/aromatic N) is 2. The number of aromatic nitrogens is 1. The number of thiazole rings is 1. The van der Waals surface area contributed by atoms with Crippen LogP contribution in [0.4, 0.5) is 5.13 Å². The Balaban J connectivity index is 1.49. The fourth-order valence-electron chi connectivity index (χ4n) is 3.14. The summed E-state index contributed by atoms with van der Waals surface area (Å²) in [6.07, 6.45) is 3.88. The third-order valence-electron chi connectivity index (χ3n) is 4.54. The van der Waals surface area contributed by atoms with E-state index >= 15 is 0 Å². The number of primary amides is 1. The molecule has 0 aliphatic carbocycles. The largest absolute Gasteiger partial charge is 0.366 e. The number of alkyl halides is 1. The number of carbonyl (C=O) groups is 1. The molecule has 1 aliphatic rings. The number of carbonyl (C=O) groups excluding carboxylic acids is 1. The van der Waals surface area contributed by atoms with E-state index in [-0.39, 0.29) is 5.50 Å². The fourth-order valence-corrected chi connectivity index (χ4v) is 4.63. The van der Waals surface area contributed by atoms with Crippen LogP contribution in [0.5, 0.6) is 0 Å². The number of fused-ring (bicyclic) bond motifs is 1. The number of nitrogens with two attached hydrogens (primary N) is 1. The lowest BCUT2D eigenvalue weighted by atomic mass is 10.0. The Morgan fingerprint density at radius 1 is 1.23 bits per heavy atom. The molecule has 1 saturated heterocycles. The van der Waals surface area contributed by atoms with E-state index in [9.17, 15) is 4.79 Å². The van der Waals surface area contributed by atoms with Crippen molar-refractivity contribution in [3.05, 3.63) is 65.2 Å². The summed E-state index contributed by atoms with van der Waals surface area (Å²) in [5.41, 5.74) is 9.07. The highest BCUT2D eigenvalue weighted by Crippen LogP contribution is 2.35. The molecule has 0 spiro atoms. The molecule has 2 aromatic carbocycles. The van der Waals surface area contributed by atoms with Gasteiger partial charge in [-0.05, 0) is 36.2 Å². The highest BCUT2D eigenvalue weighted by Gasteiger charge is 2.25. The van der Waals surface area contributed by atoms with Gasteiger partial charge in [-0.2, -0.15) is 0 Å². The second kappa shape index (κ2) is 7.09. The molecule has 1 aromatic heterocycles. The van der Waals surface area contributed by atoms with Crippen molar-refractivity contribution in [1.29, 1.82) is 0 Å². The lowest BCUT2D eigenvalue weighted by molar-refractivity contribution is 0.100. The van der Waals surface area contributed by atoms with Gasteiger partial charge in [0.1, 0.15) is 5.50 Å². The van der Waals surface area contributed by atoms with E-state index in [0.717, 1.165) is 35.6 Å². The monoisotopic (exact) mass is 383 g/mol. The highest BCUT2D eigenvalue weighted by atomic mass is 35.5. The first-order chi connectivity index (χ1) is 12.6. The van der Waals surface area contributed by atoms with Gasteiger partial charge in [-0.15, -0.1) is 0 Å². The lowest BCUT2D eigenvalue weighted by Crippen LogP contribution is -2.36. The minimum absolute atomic E-state index is 0.111. The van der Waals surface area contributed by atoms with E-state index in [1.807, 2.05) is 30.3 Å². The second-order valence-corrected chi connectivity index (χ2v) is 7.85. The van der Waals surface area contributed by atoms with Crippen LogP contribution in [-0.2, 0) is 0 Å². The van der Waals surface area contributed by atoms with Gasteiger partial charge in [-0.1, -0.05) is 58.9 Å². The van der Waals surface area contributed by atoms with E-state index in [1.54, 1.807) is 23.5 Å². The van der Waals surface area contributed by atoms with Gasteiger partial charge in [0.15, 0.2) is 5.13 Å². The van der Waals surface area contributed by atoms with Crippen molar-refractivity contribution in [2.24, 2.45) is 5.73 Å². The summed E-state index contributed by atoms with van der Waals surface area (Å²) in [7, 11) is 0. The van der Waals surface area contributed by atoms with E-state index < -0.39 is 5.91 Å². The predicted octanol–water partition coefficient (Wildman–Crippen LogP) is 4.64. The first kappa shape index (κ1) is 17.1. The summed E-state index contributed by atoms with van der Waals surface area (Å²) < 4.78 is 1.18. The average Bonchev–Trinajstić information content (AvgIpc) is 3.06. The smallest absolute Gasteiger partial charge is 0.248 e. The highest BCUT2D eigenvalue weighted by molar-refractivity contribution is 7.22. The van der Waals surface area contributed by atoms with Crippen LogP contribution in [0, 0.1) is 0 Å². The summed E-state index contributed by atoms with van der Waals surface area (Å²) in [5, 5.41) is 0.982. The zero-order valence-corrected chi connectivity index (χ0v) is 15.6. The number of amides is 1. The van der Waals surface area contributed by atoms with Gasteiger partial charge < -0.3 is 10.6 Å². The normalized spacial score (nSPS) is 19.2. The molecule has 4 rings (SSSR count). The molecule has 1 aliphatic heterocycles. The number of rotatable bonds is 3. The Labute approximate surface area is 160 Å². The zero-order chi connectivity index (χ0) is 18.1. The molecular weight excluding hydrogens is 366 g/mol. The molecule has 2 heterocycles. The number of para-hydroxylation sites is 1. The third-order valence-corrected chi connectivity index (χ3v) is 6.00. The first-order valence-corrected chi connectivity index (χ1v) is 9.71. The molecule has 1 amide bonds. The minimum Gasteiger partial charge on any atom is -0.366 e. The van der Waals surface area contributed by atoms with Crippen LogP contribution in [0.1, 0.15) is 28.8 Å². The van der Waals surface area contributed by atoms with Crippen LogP contribution in [0.2, 0.25) is 0 Å². The van der Waals surface area contributed by atoms with Gasteiger partial charge in [-0.25, -0.2) is 4.98 Å².